The van der Waals surface area contributed by atoms with Crippen molar-refractivity contribution in [1.29, 1.82) is 0 Å². The van der Waals surface area contributed by atoms with E-state index in [1.807, 2.05) is 60.7 Å². The van der Waals surface area contributed by atoms with E-state index >= 15 is 0 Å². The number of methoxy groups -OCH3 is 1. The number of rotatable bonds is 6. The van der Waals surface area contributed by atoms with E-state index in [2.05, 4.69) is 14.8 Å². The van der Waals surface area contributed by atoms with Crippen molar-refractivity contribution in [3.8, 4) is 5.69 Å². The van der Waals surface area contributed by atoms with Gasteiger partial charge in [0.05, 0.1) is 30.3 Å². The predicted molar refractivity (Wildman–Crippen MR) is 118 cm³/mol. The third kappa shape index (κ3) is 4.46. The third-order valence-electron chi connectivity index (χ3n) is 4.81. The lowest BCUT2D eigenvalue weighted by atomic mass is 10.0. The lowest BCUT2D eigenvalue weighted by molar-refractivity contribution is 0.0600. The molecule has 32 heavy (non-hydrogen) atoms. The van der Waals surface area contributed by atoms with Crippen LogP contribution in [-0.2, 0) is 4.74 Å². The summed E-state index contributed by atoms with van der Waals surface area (Å²) in [5.41, 5.74) is 2.68. The summed E-state index contributed by atoms with van der Waals surface area (Å²) in [5.74, 6) is -0.481. The smallest absolute Gasteiger partial charge is 0.337 e. The fraction of sp³-hybridized carbons (Fsp3) is 0.0800. The van der Waals surface area contributed by atoms with Crippen LogP contribution in [0.15, 0.2) is 96.1 Å². The normalized spacial score (nSPS) is 10.8. The van der Waals surface area contributed by atoms with Gasteiger partial charge in [0.2, 0.25) is 0 Å². The Labute approximate surface area is 183 Å². The fourth-order valence-electron chi connectivity index (χ4n) is 3.23. The molecular formula is C25H19F2N3O2. The molecule has 7 heteroatoms. The number of halogens is 2. The Kier molecular flexibility index (Phi) is 6.17. The van der Waals surface area contributed by atoms with Crippen molar-refractivity contribution < 1.29 is 18.3 Å². The van der Waals surface area contributed by atoms with Crippen LogP contribution in [0.25, 0.3) is 5.69 Å². The highest BCUT2D eigenvalue weighted by Crippen LogP contribution is 2.30. The Bertz CT molecular complexity index is 1190. The van der Waals surface area contributed by atoms with E-state index in [0.717, 1.165) is 11.1 Å². The first-order chi connectivity index (χ1) is 15.6. The molecule has 0 N–H and O–H groups in total. The maximum atomic E-state index is 13.8. The Morgan fingerprint density at radius 2 is 1.44 bits per heavy atom. The molecule has 0 unspecified atom stereocenters. The summed E-state index contributed by atoms with van der Waals surface area (Å²) in [6.07, 6.45) is -1.35. The molecule has 160 valence electrons. The summed E-state index contributed by atoms with van der Waals surface area (Å²) >= 11 is 0. The van der Waals surface area contributed by atoms with Crippen molar-refractivity contribution in [3.63, 3.8) is 0 Å². The van der Waals surface area contributed by atoms with Crippen LogP contribution in [0.5, 0.6) is 0 Å². The molecule has 0 atom stereocenters. The van der Waals surface area contributed by atoms with E-state index in [4.69, 9.17) is 0 Å². The van der Waals surface area contributed by atoms with Crippen LogP contribution in [0.2, 0.25) is 0 Å². The average molecular weight is 431 g/mol. The van der Waals surface area contributed by atoms with Gasteiger partial charge in [-0.2, -0.15) is 5.10 Å². The molecule has 0 aliphatic carbocycles. The Balaban J connectivity index is 1.81. The molecule has 0 saturated carbocycles. The van der Waals surface area contributed by atoms with E-state index in [1.54, 1.807) is 24.3 Å². The summed E-state index contributed by atoms with van der Waals surface area (Å²) in [7, 11) is 1.29. The topological polar surface area (TPSA) is 56.5 Å². The largest absolute Gasteiger partial charge is 0.465 e. The van der Waals surface area contributed by atoms with Gasteiger partial charge < -0.3 is 4.74 Å². The lowest BCUT2D eigenvalue weighted by Gasteiger charge is -2.07. The number of ether oxygens (including phenoxy) is 1. The molecule has 0 saturated heterocycles. The molecule has 4 rings (SSSR count). The zero-order chi connectivity index (χ0) is 22.5. The number of carbonyl (C=O) groups is 1. The summed E-state index contributed by atoms with van der Waals surface area (Å²) in [4.78, 5) is 16.2. The van der Waals surface area contributed by atoms with Crippen molar-refractivity contribution in [3.05, 3.63) is 114 Å². The second-order valence-corrected chi connectivity index (χ2v) is 6.88. The van der Waals surface area contributed by atoms with Gasteiger partial charge in [-0.1, -0.05) is 60.7 Å². The molecule has 1 heterocycles. The van der Waals surface area contributed by atoms with E-state index in [-0.39, 0.29) is 5.69 Å². The summed E-state index contributed by atoms with van der Waals surface area (Å²) in [6, 6.07) is 25.1. The van der Waals surface area contributed by atoms with Gasteiger partial charge >= 0.3 is 5.97 Å². The molecule has 0 spiro atoms. The number of aliphatic imine (C=N–C) groups is 1. The third-order valence-corrected chi connectivity index (χ3v) is 4.81. The van der Waals surface area contributed by atoms with Crippen molar-refractivity contribution >= 4 is 17.4 Å². The van der Waals surface area contributed by atoms with Crippen LogP contribution in [0.1, 0.15) is 33.6 Å². The number of nitrogens with zero attached hydrogens (tertiary/aromatic N) is 3. The van der Waals surface area contributed by atoms with Crippen molar-refractivity contribution in [2.24, 2.45) is 4.99 Å². The maximum Gasteiger partial charge on any atom is 0.337 e. The number of esters is 1. The van der Waals surface area contributed by atoms with Crippen LogP contribution in [0.4, 0.5) is 14.5 Å². The van der Waals surface area contributed by atoms with Crippen LogP contribution in [0.3, 0.4) is 0 Å². The quantitative estimate of drug-likeness (QED) is 0.288. The highest BCUT2D eigenvalue weighted by Gasteiger charge is 2.20. The minimum atomic E-state index is -2.81. The average Bonchev–Trinajstić information content (AvgIpc) is 3.27. The highest BCUT2D eigenvalue weighted by molar-refractivity contribution is 6.14. The maximum absolute atomic E-state index is 13.8. The van der Waals surface area contributed by atoms with Gasteiger partial charge in [-0.05, 0) is 24.3 Å². The SMILES string of the molecule is COC(=O)c1ccc(-n2cc(N=C(c3ccccc3)c3ccccc3)c(C(F)F)n2)cc1. The molecule has 1 aromatic heterocycles. The minimum Gasteiger partial charge on any atom is -0.465 e. The van der Waals surface area contributed by atoms with E-state index in [9.17, 15) is 13.6 Å². The number of hydrogen-bond donors (Lipinski definition) is 0. The molecule has 0 fully saturated rings. The van der Waals surface area contributed by atoms with Gasteiger partial charge in [0.1, 0.15) is 5.69 Å². The standard InChI is InChI=1S/C25H19F2N3O2/c1-32-25(31)19-12-14-20(15-13-19)30-16-21(23(29-30)24(26)27)28-22(17-8-4-2-5-9-17)18-10-6-3-7-11-18/h2-16,24H,1H3. The van der Waals surface area contributed by atoms with Gasteiger partial charge in [-0.3, -0.25) is 0 Å². The van der Waals surface area contributed by atoms with Crippen LogP contribution >= 0.6 is 0 Å². The van der Waals surface area contributed by atoms with E-state index < -0.39 is 18.1 Å². The molecular weight excluding hydrogens is 412 g/mol. The van der Waals surface area contributed by atoms with Gasteiger partial charge in [0, 0.05) is 11.1 Å². The molecule has 3 aromatic carbocycles. The minimum absolute atomic E-state index is 0.0692. The van der Waals surface area contributed by atoms with E-state index in [0.29, 0.717) is 17.0 Å². The Hall–Kier alpha value is -4.13. The van der Waals surface area contributed by atoms with Crippen molar-refractivity contribution in [2.75, 3.05) is 7.11 Å². The van der Waals surface area contributed by atoms with Gasteiger partial charge in [-0.25, -0.2) is 23.2 Å². The summed E-state index contributed by atoms with van der Waals surface area (Å²) < 4.78 is 33.7. The number of aromatic nitrogens is 2. The monoisotopic (exact) mass is 431 g/mol. The zero-order valence-corrected chi connectivity index (χ0v) is 17.2. The molecule has 5 nitrogen and oxygen atoms in total. The zero-order valence-electron chi connectivity index (χ0n) is 17.2. The fourth-order valence-corrected chi connectivity index (χ4v) is 3.23. The molecule has 0 radical (unpaired) electrons. The second-order valence-electron chi connectivity index (χ2n) is 6.88. The number of carbonyl (C=O) groups excluding carboxylic acids is 1. The molecule has 0 aliphatic heterocycles. The van der Waals surface area contributed by atoms with Crippen LogP contribution in [-0.4, -0.2) is 28.6 Å². The number of alkyl halides is 2. The first-order valence-electron chi connectivity index (χ1n) is 9.83. The predicted octanol–water partition coefficient (Wildman–Crippen LogP) is 5.77. The van der Waals surface area contributed by atoms with Gasteiger partial charge in [0.15, 0.2) is 5.69 Å². The summed E-state index contributed by atoms with van der Waals surface area (Å²) in [6.45, 7) is 0. The number of benzene rings is 3. The molecule has 0 amide bonds. The second kappa shape index (κ2) is 9.34. The first-order valence-corrected chi connectivity index (χ1v) is 9.83. The summed E-state index contributed by atoms with van der Waals surface area (Å²) in [5, 5.41) is 4.06. The number of hydrogen-bond acceptors (Lipinski definition) is 4. The molecule has 0 aliphatic rings. The Morgan fingerprint density at radius 1 is 0.875 bits per heavy atom. The van der Waals surface area contributed by atoms with Gasteiger partial charge in [0.25, 0.3) is 6.43 Å². The van der Waals surface area contributed by atoms with Crippen molar-refractivity contribution in [1.82, 2.24) is 9.78 Å². The first kappa shape index (κ1) is 21.1. The lowest BCUT2D eigenvalue weighted by Crippen LogP contribution is -2.02. The molecule has 4 aromatic rings. The highest BCUT2D eigenvalue weighted by atomic mass is 19.3. The van der Waals surface area contributed by atoms with Gasteiger partial charge in [-0.15, -0.1) is 0 Å². The van der Waals surface area contributed by atoms with Crippen LogP contribution < -0.4 is 0 Å². The van der Waals surface area contributed by atoms with E-state index in [1.165, 1.54) is 18.0 Å². The van der Waals surface area contributed by atoms with Crippen molar-refractivity contribution in [2.45, 2.75) is 6.43 Å². The Morgan fingerprint density at radius 3 is 1.94 bits per heavy atom. The van der Waals surface area contributed by atoms with Crippen LogP contribution in [0, 0.1) is 0 Å². The molecule has 0 bridgehead atoms.